The topological polar surface area (TPSA) is 58.9 Å². The Morgan fingerprint density at radius 1 is 1.44 bits per heavy atom. The number of carbonyl (C=O) groups is 1. The molecular weight excluding hydrogens is 360 g/mol. The molecule has 0 bridgehead atoms. The number of imidazole rings is 1. The van der Waals surface area contributed by atoms with Crippen molar-refractivity contribution in [2.75, 3.05) is 27.2 Å². The van der Waals surface area contributed by atoms with Crippen LogP contribution in [-0.2, 0) is 0 Å². The van der Waals surface area contributed by atoms with E-state index in [4.69, 9.17) is 4.74 Å². The van der Waals surface area contributed by atoms with Crippen LogP contribution in [0.3, 0.4) is 0 Å². The molecule has 1 atom stereocenters. The molecule has 1 amide bonds. The normalized spacial score (nSPS) is 17.5. The molecule has 1 unspecified atom stereocenters. The van der Waals surface area contributed by atoms with Crippen molar-refractivity contribution in [2.45, 2.75) is 25.3 Å². The first-order valence-electron chi connectivity index (χ1n) is 9.25. The predicted octanol–water partition coefficient (Wildman–Crippen LogP) is 3.29. The number of fused-ring (bicyclic) bond motifs is 1. The maximum atomic E-state index is 12.6. The van der Waals surface area contributed by atoms with Crippen LogP contribution >= 0.6 is 11.3 Å². The van der Waals surface area contributed by atoms with Crippen LogP contribution in [0, 0.1) is 0 Å². The molecule has 1 N–H and O–H groups in total. The third-order valence-electron chi connectivity index (χ3n) is 5.24. The lowest BCUT2D eigenvalue weighted by molar-refractivity contribution is 0.0944. The SMILES string of the molecule is COc1cccc(-c2cn3c(C(=O)NCCC4CCCN4C)csc3n2)c1. The number of carbonyl (C=O) groups excluding carboxylic acids is 1. The summed E-state index contributed by atoms with van der Waals surface area (Å²) in [5.41, 5.74) is 2.44. The molecule has 0 aliphatic carbocycles. The van der Waals surface area contributed by atoms with Crippen molar-refractivity contribution < 1.29 is 9.53 Å². The largest absolute Gasteiger partial charge is 0.497 e. The van der Waals surface area contributed by atoms with Gasteiger partial charge in [0.1, 0.15) is 11.4 Å². The van der Waals surface area contributed by atoms with Crippen molar-refractivity contribution in [1.29, 1.82) is 0 Å². The van der Waals surface area contributed by atoms with Crippen LogP contribution in [0.4, 0.5) is 0 Å². The van der Waals surface area contributed by atoms with Crippen molar-refractivity contribution in [3.05, 3.63) is 41.5 Å². The van der Waals surface area contributed by atoms with Crippen LogP contribution in [-0.4, -0.2) is 53.5 Å². The first-order chi connectivity index (χ1) is 13.2. The van der Waals surface area contributed by atoms with Gasteiger partial charge in [-0.15, -0.1) is 11.3 Å². The number of hydrogen-bond acceptors (Lipinski definition) is 5. The van der Waals surface area contributed by atoms with Crippen LogP contribution in [0.5, 0.6) is 5.75 Å². The van der Waals surface area contributed by atoms with Crippen LogP contribution in [0.15, 0.2) is 35.8 Å². The minimum absolute atomic E-state index is 0.0449. The number of methoxy groups -OCH3 is 1. The monoisotopic (exact) mass is 384 g/mol. The van der Waals surface area contributed by atoms with Gasteiger partial charge in [-0.1, -0.05) is 12.1 Å². The Kier molecular flexibility index (Phi) is 5.13. The number of amides is 1. The molecule has 0 saturated carbocycles. The zero-order valence-electron chi connectivity index (χ0n) is 15.6. The molecule has 1 saturated heterocycles. The highest BCUT2D eigenvalue weighted by Gasteiger charge is 2.21. The molecule has 142 valence electrons. The van der Waals surface area contributed by atoms with E-state index >= 15 is 0 Å². The highest BCUT2D eigenvalue weighted by atomic mass is 32.1. The Morgan fingerprint density at radius 2 is 2.33 bits per heavy atom. The summed E-state index contributed by atoms with van der Waals surface area (Å²) in [6, 6.07) is 8.37. The number of likely N-dealkylation sites (tertiary alicyclic amines) is 1. The highest BCUT2D eigenvalue weighted by molar-refractivity contribution is 7.15. The van der Waals surface area contributed by atoms with E-state index < -0.39 is 0 Å². The molecule has 0 spiro atoms. The number of hydrogen-bond donors (Lipinski definition) is 1. The van der Waals surface area contributed by atoms with Gasteiger partial charge in [0, 0.05) is 29.7 Å². The molecule has 1 fully saturated rings. The van der Waals surface area contributed by atoms with Gasteiger partial charge in [-0.2, -0.15) is 0 Å². The fourth-order valence-corrected chi connectivity index (χ4v) is 4.51. The van der Waals surface area contributed by atoms with Crippen LogP contribution in [0.25, 0.3) is 16.2 Å². The molecule has 7 heteroatoms. The molecule has 1 aliphatic rings. The average Bonchev–Trinajstić information content (AvgIpc) is 3.37. The van der Waals surface area contributed by atoms with Crippen molar-refractivity contribution in [3.8, 4) is 17.0 Å². The van der Waals surface area contributed by atoms with E-state index in [-0.39, 0.29) is 5.91 Å². The summed E-state index contributed by atoms with van der Waals surface area (Å²) in [5, 5.41) is 4.93. The summed E-state index contributed by atoms with van der Waals surface area (Å²) in [6.45, 7) is 1.86. The number of nitrogens with one attached hydrogen (secondary N) is 1. The van der Waals surface area contributed by atoms with E-state index in [2.05, 4.69) is 22.2 Å². The summed E-state index contributed by atoms with van der Waals surface area (Å²) in [4.78, 5) is 20.5. The van der Waals surface area contributed by atoms with Gasteiger partial charge in [0.25, 0.3) is 5.91 Å². The van der Waals surface area contributed by atoms with Gasteiger partial charge in [-0.3, -0.25) is 9.20 Å². The maximum Gasteiger partial charge on any atom is 0.269 e. The van der Waals surface area contributed by atoms with E-state index in [0.29, 0.717) is 18.3 Å². The first-order valence-corrected chi connectivity index (χ1v) is 10.1. The number of thiazole rings is 1. The van der Waals surface area contributed by atoms with Crippen molar-refractivity contribution in [2.24, 2.45) is 0 Å². The Hall–Kier alpha value is -2.38. The molecule has 27 heavy (non-hydrogen) atoms. The number of aromatic nitrogens is 2. The maximum absolute atomic E-state index is 12.6. The van der Waals surface area contributed by atoms with Crippen molar-refractivity contribution in [3.63, 3.8) is 0 Å². The zero-order chi connectivity index (χ0) is 18.8. The summed E-state index contributed by atoms with van der Waals surface area (Å²) < 4.78 is 7.16. The second-order valence-corrected chi connectivity index (χ2v) is 7.79. The Morgan fingerprint density at radius 3 is 3.11 bits per heavy atom. The third-order valence-corrected chi connectivity index (χ3v) is 6.08. The smallest absolute Gasteiger partial charge is 0.269 e. The highest BCUT2D eigenvalue weighted by Crippen LogP contribution is 2.26. The molecule has 3 heterocycles. The standard InChI is InChI=1S/C20H24N4O2S/c1-23-10-4-6-15(23)8-9-21-19(25)18-13-27-20-22-17(12-24(18)20)14-5-3-7-16(11-14)26-2/h3,5,7,11-13,15H,4,6,8-10H2,1-2H3,(H,21,25). The fraction of sp³-hybridized carbons (Fsp3) is 0.400. The van der Waals surface area contributed by atoms with Gasteiger partial charge in [0.05, 0.1) is 12.8 Å². The third kappa shape index (κ3) is 3.70. The van der Waals surface area contributed by atoms with Gasteiger partial charge in [-0.25, -0.2) is 4.98 Å². The number of benzene rings is 1. The van der Waals surface area contributed by atoms with Gasteiger partial charge in [0.2, 0.25) is 0 Å². The lowest BCUT2D eigenvalue weighted by Crippen LogP contribution is -2.32. The summed E-state index contributed by atoms with van der Waals surface area (Å²) in [7, 11) is 3.81. The van der Waals surface area contributed by atoms with Gasteiger partial charge in [-0.05, 0) is 45.0 Å². The summed E-state index contributed by atoms with van der Waals surface area (Å²) in [6.07, 6.45) is 5.39. The Labute approximate surface area is 162 Å². The second-order valence-electron chi connectivity index (χ2n) is 6.95. The van der Waals surface area contributed by atoms with Crippen LogP contribution < -0.4 is 10.1 Å². The summed E-state index contributed by atoms with van der Waals surface area (Å²) in [5.74, 6) is 0.746. The molecule has 3 aromatic rings. The molecule has 6 nitrogen and oxygen atoms in total. The molecule has 2 aromatic heterocycles. The molecule has 0 radical (unpaired) electrons. The van der Waals surface area contributed by atoms with E-state index in [1.165, 1.54) is 24.2 Å². The molecule has 1 aromatic carbocycles. The predicted molar refractivity (Wildman–Crippen MR) is 108 cm³/mol. The number of nitrogens with zero attached hydrogens (tertiary/aromatic N) is 3. The minimum atomic E-state index is -0.0449. The second kappa shape index (κ2) is 7.70. The fourth-order valence-electron chi connectivity index (χ4n) is 3.66. The lowest BCUT2D eigenvalue weighted by Gasteiger charge is -2.19. The number of rotatable bonds is 6. The van der Waals surface area contributed by atoms with Crippen molar-refractivity contribution >= 4 is 22.2 Å². The molecule has 1 aliphatic heterocycles. The van der Waals surface area contributed by atoms with Gasteiger partial charge in [0.15, 0.2) is 4.96 Å². The minimum Gasteiger partial charge on any atom is -0.497 e. The van der Waals surface area contributed by atoms with Gasteiger partial charge < -0.3 is 15.0 Å². The van der Waals surface area contributed by atoms with Gasteiger partial charge >= 0.3 is 0 Å². The number of ether oxygens (including phenoxy) is 1. The molecule has 4 rings (SSSR count). The average molecular weight is 385 g/mol. The lowest BCUT2D eigenvalue weighted by atomic mass is 10.1. The van der Waals surface area contributed by atoms with E-state index in [0.717, 1.165) is 34.9 Å². The Balaban J connectivity index is 1.47. The van der Waals surface area contributed by atoms with Crippen LogP contribution in [0.1, 0.15) is 29.8 Å². The van der Waals surface area contributed by atoms with Crippen LogP contribution in [0.2, 0.25) is 0 Å². The zero-order valence-corrected chi connectivity index (χ0v) is 16.5. The van der Waals surface area contributed by atoms with E-state index in [1.54, 1.807) is 7.11 Å². The van der Waals surface area contributed by atoms with Crippen molar-refractivity contribution in [1.82, 2.24) is 19.6 Å². The summed E-state index contributed by atoms with van der Waals surface area (Å²) >= 11 is 1.48. The quantitative estimate of drug-likeness (QED) is 0.709. The first kappa shape index (κ1) is 18.0. The van der Waals surface area contributed by atoms with E-state index in [9.17, 15) is 4.79 Å². The Bertz CT molecular complexity index is 949. The molecular formula is C20H24N4O2S. The van der Waals surface area contributed by atoms with E-state index in [1.807, 2.05) is 40.2 Å².